The maximum atomic E-state index is 6.14. The molecule has 146 valence electrons. The van der Waals surface area contributed by atoms with Crippen LogP contribution in [0.3, 0.4) is 0 Å². The van der Waals surface area contributed by atoms with Gasteiger partial charge in [-0.2, -0.15) is 0 Å². The molecule has 1 heterocycles. The van der Waals surface area contributed by atoms with Crippen LogP contribution in [0.4, 0.5) is 0 Å². The molecular formula is C25H24ClN3. The van der Waals surface area contributed by atoms with E-state index in [9.17, 15) is 0 Å². The number of rotatable bonds is 6. The molecule has 0 amide bonds. The number of H-pyrrole nitrogens is 1. The number of aromatic nitrogens is 1. The Morgan fingerprint density at radius 1 is 0.828 bits per heavy atom. The normalized spacial score (nSPS) is 12.0. The second kappa shape index (κ2) is 8.46. The number of halogens is 1. The topological polar surface area (TPSA) is 39.8 Å². The lowest BCUT2D eigenvalue weighted by atomic mass is 10.0. The molecule has 4 rings (SSSR count). The molecule has 4 aromatic rings. The molecule has 3 nitrogen and oxygen atoms in total. The Balaban J connectivity index is 1.77. The number of hydrogen-bond donors (Lipinski definition) is 3. The van der Waals surface area contributed by atoms with Gasteiger partial charge in [-0.1, -0.05) is 72.3 Å². The molecule has 3 aromatic carbocycles. The van der Waals surface area contributed by atoms with Gasteiger partial charge in [0, 0.05) is 35.2 Å². The van der Waals surface area contributed by atoms with Gasteiger partial charge >= 0.3 is 0 Å². The Bertz CT molecular complexity index is 1140. The van der Waals surface area contributed by atoms with Gasteiger partial charge in [-0.3, -0.25) is 0 Å². The average molecular weight is 402 g/mol. The highest BCUT2D eigenvalue weighted by molar-refractivity contribution is 6.30. The highest BCUT2D eigenvalue weighted by Crippen LogP contribution is 2.26. The fourth-order valence-corrected chi connectivity index (χ4v) is 3.84. The van der Waals surface area contributed by atoms with Gasteiger partial charge in [0.25, 0.3) is 0 Å². The summed E-state index contributed by atoms with van der Waals surface area (Å²) in [5.41, 5.74) is 7.92. The number of aromatic amines is 1. The van der Waals surface area contributed by atoms with Crippen molar-refractivity contribution in [2.45, 2.75) is 13.5 Å². The van der Waals surface area contributed by atoms with Crippen LogP contribution >= 0.6 is 11.6 Å². The monoisotopic (exact) mass is 401 g/mol. The van der Waals surface area contributed by atoms with E-state index in [1.165, 1.54) is 16.6 Å². The first-order chi connectivity index (χ1) is 14.2. The van der Waals surface area contributed by atoms with Gasteiger partial charge in [0.15, 0.2) is 0 Å². The zero-order valence-electron chi connectivity index (χ0n) is 16.6. The molecule has 0 aliphatic heterocycles. The molecule has 1 aromatic heterocycles. The van der Waals surface area contributed by atoms with Crippen LogP contribution in [0.1, 0.15) is 22.4 Å². The molecule has 29 heavy (non-hydrogen) atoms. The molecule has 0 saturated carbocycles. The van der Waals surface area contributed by atoms with Gasteiger partial charge in [-0.05, 0) is 41.8 Å². The number of aryl methyl sites for hydroxylation is 1. The summed E-state index contributed by atoms with van der Waals surface area (Å²) in [7, 11) is 1.96. The highest BCUT2D eigenvalue weighted by atomic mass is 35.5. The Morgan fingerprint density at radius 3 is 2.21 bits per heavy atom. The van der Waals surface area contributed by atoms with Crippen LogP contribution in [0.2, 0.25) is 5.02 Å². The zero-order valence-corrected chi connectivity index (χ0v) is 17.3. The van der Waals surface area contributed by atoms with Crippen molar-refractivity contribution in [3.8, 4) is 0 Å². The van der Waals surface area contributed by atoms with Crippen LogP contribution in [-0.4, -0.2) is 12.0 Å². The molecule has 3 N–H and O–H groups in total. The Labute approximate surface area is 176 Å². The first-order valence-electron chi connectivity index (χ1n) is 9.71. The Morgan fingerprint density at radius 2 is 1.48 bits per heavy atom. The summed E-state index contributed by atoms with van der Waals surface area (Å²) in [4.78, 5) is 3.48. The van der Waals surface area contributed by atoms with Gasteiger partial charge in [0.05, 0.1) is 11.4 Å². The van der Waals surface area contributed by atoms with Crippen molar-refractivity contribution in [1.29, 1.82) is 0 Å². The predicted molar refractivity (Wildman–Crippen MR) is 124 cm³/mol. The van der Waals surface area contributed by atoms with E-state index >= 15 is 0 Å². The van der Waals surface area contributed by atoms with Crippen LogP contribution in [0.15, 0.2) is 78.9 Å². The van der Waals surface area contributed by atoms with Crippen molar-refractivity contribution in [3.63, 3.8) is 0 Å². The standard InChI is InChI=1S/C25H24ClN3/c1-17-22(21-10-6-7-11-23(21)29-17)16-28-25(19-12-14-20(26)15-13-19)24(27-2)18-8-4-3-5-9-18/h3-15,27-29H,16H2,1-2H3/b25-24-. The van der Waals surface area contributed by atoms with Crippen molar-refractivity contribution in [1.82, 2.24) is 15.6 Å². The van der Waals surface area contributed by atoms with Gasteiger partial charge in [0.2, 0.25) is 0 Å². The molecule has 0 aliphatic rings. The maximum Gasteiger partial charge on any atom is 0.0658 e. The van der Waals surface area contributed by atoms with Gasteiger partial charge in [-0.25, -0.2) is 0 Å². The smallest absolute Gasteiger partial charge is 0.0658 e. The first-order valence-corrected chi connectivity index (χ1v) is 10.1. The molecule has 0 bridgehead atoms. The molecule has 0 fully saturated rings. The summed E-state index contributed by atoms with van der Waals surface area (Å²) >= 11 is 6.14. The van der Waals surface area contributed by atoms with Crippen molar-refractivity contribution in [2.75, 3.05) is 7.05 Å². The predicted octanol–water partition coefficient (Wildman–Crippen LogP) is 5.96. The lowest BCUT2D eigenvalue weighted by Gasteiger charge is -2.18. The van der Waals surface area contributed by atoms with E-state index in [2.05, 4.69) is 71.1 Å². The SMILES string of the molecule is CN/C(=C(\NCc1c(C)[nH]c2ccccc12)c1ccc(Cl)cc1)c1ccccc1. The fourth-order valence-electron chi connectivity index (χ4n) is 3.71. The molecule has 0 unspecified atom stereocenters. The van der Waals surface area contributed by atoms with Crippen LogP contribution in [0, 0.1) is 6.92 Å². The lowest BCUT2D eigenvalue weighted by molar-refractivity contribution is 0.882. The highest BCUT2D eigenvalue weighted by Gasteiger charge is 2.13. The van der Waals surface area contributed by atoms with E-state index in [0.29, 0.717) is 6.54 Å². The van der Waals surface area contributed by atoms with Crippen molar-refractivity contribution < 1.29 is 0 Å². The van der Waals surface area contributed by atoms with Crippen molar-refractivity contribution in [3.05, 3.63) is 106 Å². The van der Waals surface area contributed by atoms with Gasteiger partial charge < -0.3 is 15.6 Å². The van der Waals surface area contributed by atoms with Crippen LogP contribution < -0.4 is 10.6 Å². The summed E-state index contributed by atoms with van der Waals surface area (Å²) < 4.78 is 0. The van der Waals surface area contributed by atoms with Crippen LogP contribution in [0.25, 0.3) is 22.3 Å². The molecule has 0 atom stereocenters. The van der Waals surface area contributed by atoms with Crippen molar-refractivity contribution in [2.24, 2.45) is 0 Å². The first kappa shape index (κ1) is 19.2. The summed E-state index contributed by atoms with van der Waals surface area (Å²) in [5.74, 6) is 0. The van der Waals surface area contributed by atoms with Gasteiger partial charge in [0.1, 0.15) is 0 Å². The lowest BCUT2D eigenvalue weighted by Crippen LogP contribution is -2.19. The van der Waals surface area contributed by atoms with E-state index in [-0.39, 0.29) is 0 Å². The quantitative estimate of drug-likeness (QED) is 0.348. The number of hydrogen-bond acceptors (Lipinski definition) is 2. The van der Waals surface area contributed by atoms with E-state index in [4.69, 9.17) is 11.6 Å². The number of fused-ring (bicyclic) bond motifs is 1. The summed E-state index contributed by atoms with van der Waals surface area (Å²) in [6.07, 6.45) is 0. The summed E-state index contributed by atoms with van der Waals surface area (Å²) in [6, 6.07) is 26.7. The second-order valence-corrected chi connectivity index (χ2v) is 7.44. The molecule has 0 radical (unpaired) electrons. The summed E-state index contributed by atoms with van der Waals surface area (Å²) in [5, 5.41) is 9.06. The minimum absolute atomic E-state index is 0.714. The Hall–Kier alpha value is -3.17. The van der Waals surface area contributed by atoms with E-state index in [1.807, 2.05) is 37.4 Å². The molecule has 0 spiro atoms. The third kappa shape index (κ3) is 4.01. The third-order valence-electron chi connectivity index (χ3n) is 5.16. The summed E-state index contributed by atoms with van der Waals surface area (Å²) in [6.45, 7) is 2.84. The molecule has 0 aliphatic carbocycles. The minimum Gasteiger partial charge on any atom is -0.386 e. The Kier molecular flexibility index (Phi) is 5.59. The number of benzene rings is 3. The fraction of sp³-hybridized carbons (Fsp3) is 0.120. The average Bonchev–Trinajstić information content (AvgIpc) is 3.07. The van der Waals surface area contributed by atoms with E-state index in [1.54, 1.807) is 0 Å². The maximum absolute atomic E-state index is 6.14. The van der Waals surface area contributed by atoms with E-state index in [0.717, 1.165) is 33.1 Å². The van der Waals surface area contributed by atoms with Crippen LogP contribution in [0.5, 0.6) is 0 Å². The number of nitrogens with one attached hydrogen (secondary N) is 3. The number of para-hydroxylation sites is 1. The zero-order chi connectivity index (χ0) is 20.2. The second-order valence-electron chi connectivity index (χ2n) is 7.00. The van der Waals surface area contributed by atoms with E-state index < -0.39 is 0 Å². The van der Waals surface area contributed by atoms with Gasteiger partial charge in [-0.15, -0.1) is 0 Å². The third-order valence-corrected chi connectivity index (χ3v) is 5.42. The molecule has 0 saturated heterocycles. The van der Waals surface area contributed by atoms with Crippen molar-refractivity contribution >= 4 is 33.9 Å². The largest absolute Gasteiger partial charge is 0.386 e. The molecular weight excluding hydrogens is 378 g/mol. The van der Waals surface area contributed by atoms with Crippen LogP contribution in [-0.2, 0) is 6.54 Å². The molecule has 4 heteroatoms. The minimum atomic E-state index is 0.714.